The molecule has 0 amide bonds. The Balaban J connectivity index is 1.12. The van der Waals surface area contributed by atoms with Crippen molar-refractivity contribution in [2.45, 2.75) is 0 Å². The Hall–Kier alpha value is -8.41. The van der Waals surface area contributed by atoms with Crippen molar-refractivity contribution in [1.29, 1.82) is 0 Å². The molecule has 0 saturated heterocycles. The number of hydrogen-bond donors (Lipinski definition) is 0. The van der Waals surface area contributed by atoms with Crippen molar-refractivity contribution in [2.75, 3.05) is 0 Å². The summed E-state index contributed by atoms with van der Waals surface area (Å²) < 4.78 is 4.57. The summed E-state index contributed by atoms with van der Waals surface area (Å²) in [7, 11) is 0. The number of rotatable bonds is 5. The van der Waals surface area contributed by atoms with E-state index >= 15 is 0 Å². The molecule has 0 unspecified atom stereocenters. The van der Waals surface area contributed by atoms with Gasteiger partial charge in [-0.15, -0.1) is 0 Å². The van der Waals surface area contributed by atoms with Gasteiger partial charge < -0.3 is 4.57 Å². The summed E-state index contributed by atoms with van der Waals surface area (Å²) in [5.41, 5.74) is 9.42. The maximum absolute atomic E-state index is 5.49. The van der Waals surface area contributed by atoms with Crippen molar-refractivity contribution in [3.8, 4) is 45.5 Å². The standard InChI is InChI=1S/C57H35N5/c1-2-16-36(17-3-1)37-30-33-47-46-24-10-14-28-52(46)62(54(47)35-37)57-59-55(38-31-32-43-41-20-5-4-18-39(41)40-19-6-7-21-42(40)49(43)34-38)58-56(60-57)48-25-11-15-29-53(48)61-50-26-12-8-22-44(50)45-23-9-13-27-51(45)61/h1-35H. The van der Waals surface area contributed by atoms with Crippen LogP contribution in [0.1, 0.15) is 0 Å². The molecular weight excluding hydrogens is 755 g/mol. The third-order valence-electron chi connectivity index (χ3n) is 12.6. The summed E-state index contributed by atoms with van der Waals surface area (Å²) in [5, 5.41) is 11.9. The molecule has 5 nitrogen and oxygen atoms in total. The third kappa shape index (κ3) is 5.18. The van der Waals surface area contributed by atoms with E-state index in [0.29, 0.717) is 17.6 Å². The average Bonchev–Trinajstić information content (AvgIpc) is 3.87. The first-order valence-corrected chi connectivity index (χ1v) is 21.0. The molecular formula is C57H35N5. The molecule has 5 heteroatoms. The van der Waals surface area contributed by atoms with Gasteiger partial charge in [0.15, 0.2) is 11.6 Å². The van der Waals surface area contributed by atoms with Gasteiger partial charge in [-0.25, -0.2) is 4.98 Å². The van der Waals surface area contributed by atoms with Crippen molar-refractivity contribution in [3.63, 3.8) is 0 Å². The fraction of sp³-hybridized carbons (Fsp3) is 0. The van der Waals surface area contributed by atoms with Crippen LogP contribution in [0.15, 0.2) is 212 Å². The van der Waals surface area contributed by atoms with E-state index in [-0.39, 0.29) is 0 Å². The Morgan fingerprint density at radius 2 is 0.710 bits per heavy atom. The minimum absolute atomic E-state index is 0.557. The summed E-state index contributed by atoms with van der Waals surface area (Å²) in [5.74, 6) is 1.75. The Labute approximate surface area is 356 Å². The lowest BCUT2D eigenvalue weighted by Crippen LogP contribution is -2.08. The van der Waals surface area contributed by atoms with Crippen LogP contribution < -0.4 is 0 Å². The van der Waals surface area contributed by atoms with Gasteiger partial charge >= 0.3 is 0 Å². The molecule has 0 N–H and O–H groups in total. The monoisotopic (exact) mass is 789 g/mol. The van der Waals surface area contributed by atoms with Crippen LogP contribution in [-0.2, 0) is 0 Å². The molecule has 0 aliphatic heterocycles. The quantitative estimate of drug-likeness (QED) is 0.163. The van der Waals surface area contributed by atoms with E-state index in [1.807, 2.05) is 0 Å². The number of hydrogen-bond acceptors (Lipinski definition) is 3. The van der Waals surface area contributed by atoms with Crippen LogP contribution in [0, 0.1) is 0 Å². The van der Waals surface area contributed by atoms with Gasteiger partial charge in [-0.3, -0.25) is 4.57 Å². The topological polar surface area (TPSA) is 48.5 Å². The molecule has 10 aromatic carbocycles. The first-order valence-electron chi connectivity index (χ1n) is 21.0. The number of nitrogens with zero attached hydrogens (tertiary/aromatic N) is 5. The highest BCUT2D eigenvalue weighted by Gasteiger charge is 2.22. The van der Waals surface area contributed by atoms with Gasteiger partial charge in [0.2, 0.25) is 5.95 Å². The Morgan fingerprint density at radius 1 is 0.258 bits per heavy atom. The van der Waals surface area contributed by atoms with Gasteiger partial charge in [-0.2, -0.15) is 9.97 Å². The first-order chi connectivity index (χ1) is 30.8. The van der Waals surface area contributed by atoms with Gasteiger partial charge in [-0.05, 0) is 85.9 Å². The van der Waals surface area contributed by atoms with Crippen LogP contribution in [0.3, 0.4) is 0 Å². The van der Waals surface area contributed by atoms with Crippen molar-refractivity contribution in [1.82, 2.24) is 24.1 Å². The molecule has 3 heterocycles. The highest BCUT2D eigenvalue weighted by molar-refractivity contribution is 6.25. The lowest BCUT2D eigenvalue weighted by molar-refractivity contribution is 0.952. The van der Waals surface area contributed by atoms with Crippen LogP contribution in [0.4, 0.5) is 0 Å². The number of aromatic nitrogens is 5. The molecule has 0 spiro atoms. The molecule has 13 aromatic rings. The second kappa shape index (κ2) is 13.6. The first kappa shape index (κ1) is 34.5. The molecule has 13 rings (SSSR count). The van der Waals surface area contributed by atoms with Gasteiger partial charge in [0.25, 0.3) is 0 Å². The van der Waals surface area contributed by atoms with Crippen LogP contribution in [0.2, 0.25) is 0 Å². The molecule has 0 aliphatic rings. The van der Waals surface area contributed by atoms with Gasteiger partial charge in [0, 0.05) is 32.7 Å². The number of benzene rings is 10. The van der Waals surface area contributed by atoms with Crippen LogP contribution >= 0.6 is 0 Å². The zero-order valence-corrected chi connectivity index (χ0v) is 33.4. The Kier molecular flexibility index (Phi) is 7.54. The van der Waals surface area contributed by atoms with Crippen LogP contribution in [0.5, 0.6) is 0 Å². The van der Waals surface area contributed by atoms with Gasteiger partial charge in [0.1, 0.15) is 0 Å². The van der Waals surface area contributed by atoms with Crippen molar-refractivity contribution >= 4 is 75.9 Å². The second-order valence-corrected chi connectivity index (χ2v) is 16.0. The highest BCUT2D eigenvalue weighted by atomic mass is 15.2. The molecule has 288 valence electrons. The Bertz CT molecular complexity index is 3850. The molecule has 3 aromatic heterocycles. The molecule has 0 saturated carbocycles. The van der Waals surface area contributed by atoms with Crippen LogP contribution in [-0.4, -0.2) is 24.1 Å². The summed E-state index contributed by atoms with van der Waals surface area (Å²) in [6, 6.07) is 75.6. The molecule has 0 radical (unpaired) electrons. The molecule has 0 fully saturated rings. The predicted molar refractivity (Wildman–Crippen MR) is 257 cm³/mol. The SMILES string of the molecule is c1ccc(-c2ccc3c4ccccc4n(-c4nc(-c5ccc6c7ccccc7c7ccccc7c6c5)nc(-c5ccccc5-n5c6ccccc6c6ccccc65)n4)c3c2)cc1. The lowest BCUT2D eigenvalue weighted by Gasteiger charge is -2.16. The molecule has 0 bridgehead atoms. The van der Waals surface area contributed by atoms with E-state index in [9.17, 15) is 0 Å². The highest BCUT2D eigenvalue weighted by Crippen LogP contribution is 2.40. The fourth-order valence-corrected chi connectivity index (χ4v) is 9.80. The van der Waals surface area contributed by atoms with E-state index in [1.165, 1.54) is 37.7 Å². The largest absolute Gasteiger partial charge is 0.309 e. The zero-order valence-electron chi connectivity index (χ0n) is 33.4. The van der Waals surface area contributed by atoms with Crippen molar-refractivity contribution in [3.05, 3.63) is 212 Å². The average molecular weight is 790 g/mol. The minimum atomic E-state index is 0.557. The summed E-state index contributed by atoms with van der Waals surface area (Å²) >= 11 is 0. The minimum Gasteiger partial charge on any atom is -0.309 e. The Morgan fingerprint density at radius 3 is 1.35 bits per heavy atom. The molecule has 62 heavy (non-hydrogen) atoms. The third-order valence-corrected chi connectivity index (χ3v) is 12.6. The van der Waals surface area contributed by atoms with E-state index < -0.39 is 0 Å². The molecule has 0 atom stereocenters. The summed E-state index contributed by atoms with van der Waals surface area (Å²) in [4.78, 5) is 16.4. The fourth-order valence-electron chi connectivity index (χ4n) is 9.80. The summed E-state index contributed by atoms with van der Waals surface area (Å²) in [6.45, 7) is 0. The lowest BCUT2D eigenvalue weighted by atomic mass is 9.93. The van der Waals surface area contributed by atoms with Crippen LogP contribution in [0.25, 0.3) is 121 Å². The number of para-hydroxylation sites is 4. The van der Waals surface area contributed by atoms with E-state index in [4.69, 9.17) is 15.0 Å². The van der Waals surface area contributed by atoms with Crippen molar-refractivity contribution in [2.24, 2.45) is 0 Å². The molecule has 0 aliphatic carbocycles. The maximum atomic E-state index is 5.49. The summed E-state index contributed by atoms with van der Waals surface area (Å²) in [6.07, 6.45) is 0. The number of fused-ring (bicyclic) bond motifs is 12. The van der Waals surface area contributed by atoms with Gasteiger partial charge in [-0.1, -0.05) is 170 Å². The van der Waals surface area contributed by atoms with Crippen molar-refractivity contribution < 1.29 is 0 Å². The smallest absolute Gasteiger partial charge is 0.238 e. The second-order valence-electron chi connectivity index (χ2n) is 16.0. The van der Waals surface area contributed by atoms with E-state index in [1.54, 1.807) is 0 Å². The maximum Gasteiger partial charge on any atom is 0.238 e. The van der Waals surface area contributed by atoms with Gasteiger partial charge in [0.05, 0.1) is 27.8 Å². The van der Waals surface area contributed by atoms with E-state index in [0.717, 1.165) is 66.2 Å². The zero-order chi connectivity index (χ0) is 40.7. The van der Waals surface area contributed by atoms with E-state index in [2.05, 4.69) is 221 Å². The normalized spacial score (nSPS) is 11.9. The predicted octanol–water partition coefficient (Wildman–Crippen LogP) is 14.5.